The van der Waals surface area contributed by atoms with E-state index in [0.717, 1.165) is 35.8 Å². The molecule has 0 saturated heterocycles. The monoisotopic (exact) mass is 397 g/mol. The van der Waals surface area contributed by atoms with Crippen LogP contribution in [0.4, 0.5) is 5.69 Å². The predicted octanol–water partition coefficient (Wildman–Crippen LogP) is 4.34. The van der Waals surface area contributed by atoms with Crippen molar-refractivity contribution in [1.82, 2.24) is 0 Å². The average Bonchev–Trinajstić information content (AvgIpc) is 2.78. The third-order valence-corrected chi connectivity index (χ3v) is 5.73. The van der Waals surface area contributed by atoms with Gasteiger partial charge in [-0.05, 0) is 42.7 Å². The van der Waals surface area contributed by atoms with E-state index < -0.39 is 0 Å². The van der Waals surface area contributed by atoms with Gasteiger partial charge in [-0.1, -0.05) is 37.5 Å². The first-order valence-corrected chi connectivity index (χ1v) is 10.0. The number of nitrogens with zero attached hydrogens (tertiary/aromatic N) is 1. The molecule has 0 atom stereocenters. The zero-order valence-electron chi connectivity index (χ0n) is 17.5. The van der Waals surface area contributed by atoms with Crippen molar-refractivity contribution in [2.75, 3.05) is 33.2 Å². The van der Waals surface area contributed by atoms with Gasteiger partial charge in [0.2, 0.25) is 0 Å². The third kappa shape index (κ3) is 4.75. The number of hydrogen-bond donors (Lipinski definition) is 2. The van der Waals surface area contributed by atoms with Crippen LogP contribution < -0.4 is 25.3 Å². The first-order valence-electron chi connectivity index (χ1n) is 10.0. The lowest BCUT2D eigenvalue weighted by molar-refractivity contribution is 0.298. The molecule has 1 aliphatic rings. The molecule has 2 aromatic rings. The Hall–Kier alpha value is -2.89. The summed E-state index contributed by atoms with van der Waals surface area (Å²) in [5.74, 6) is 2.61. The number of nitrogens with one attached hydrogen (secondary N) is 1. The molecule has 0 aliphatic heterocycles. The number of methoxy groups -OCH3 is 3. The largest absolute Gasteiger partial charge is 0.495 e. The number of benzene rings is 2. The number of ether oxygens (including phenoxy) is 3. The Morgan fingerprint density at radius 3 is 2.31 bits per heavy atom. The van der Waals surface area contributed by atoms with Crippen LogP contribution in [0.25, 0.3) is 0 Å². The van der Waals surface area contributed by atoms with Gasteiger partial charge >= 0.3 is 0 Å². The van der Waals surface area contributed by atoms with Crippen molar-refractivity contribution in [3.05, 3.63) is 48.0 Å². The second-order valence-electron chi connectivity index (χ2n) is 7.44. The summed E-state index contributed by atoms with van der Waals surface area (Å²) in [7, 11) is 4.97. The molecule has 0 aromatic heterocycles. The Kier molecular flexibility index (Phi) is 6.86. The molecule has 29 heavy (non-hydrogen) atoms. The van der Waals surface area contributed by atoms with Crippen molar-refractivity contribution in [2.24, 2.45) is 10.7 Å². The van der Waals surface area contributed by atoms with Gasteiger partial charge in [0.1, 0.15) is 5.75 Å². The lowest BCUT2D eigenvalue weighted by Crippen LogP contribution is -2.34. The van der Waals surface area contributed by atoms with E-state index in [1.807, 2.05) is 30.3 Å². The molecule has 0 bridgehead atoms. The number of aliphatic imine (C=N–C) groups is 1. The van der Waals surface area contributed by atoms with Crippen molar-refractivity contribution in [1.29, 1.82) is 0 Å². The molecule has 0 amide bonds. The smallest absolute Gasteiger partial charge is 0.193 e. The van der Waals surface area contributed by atoms with Crippen molar-refractivity contribution in [3.8, 4) is 17.2 Å². The van der Waals surface area contributed by atoms with Gasteiger partial charge in [0.15, 0.2) is 17.5 Å². The maximum Gasteiger partial charge on any atom is 0.193 e. The summed E-state index contributed by atoms with van der Waals surface area (Å²) in [6.07, 6.45) is 5.78. The molecule has 0 unspecified atom stereocenters. The maximum atomic E-state index is 6.22. The second kappa shape index (κ2) is 9.54. The van der Waals surface area contributed by atoms with Crippen molar-refractivity contribution < 1.29 is 14.2 Å². The van der Waals surface area contributed by atoms with Crippen LogP contribution in [0, 0.1) is 0 Å². The van der Waals surface area contributed by atoms with E-state index in [2.05, 4.69) is 17.4 Å². The first-order chi connectivity index (χ1) is 14.1. The van der Waals surface area contributed by atoms with Crippen molar-refractivity contribution in [3.63, 3.8) is 0 Å². The lowest BCUT2D eigenvalue weighted by atomic mass is 9.69. The number of anilines is 1. The molecule has 0 radical (unpaired) electrons. The molecular weight excluding hydrogens is 366 g/mol. The summed E-state index contributed by atoms with van der Waals surface area (Å²) < 4.78 is 16.3. The molecule has 156 valence electrons. The van der Waals surface area contributed by atoms with Gasteiger partial charge in [0.05, 0.1) is 33.6 Å². The molecule has 6 nitrogen and oxygen atoms in total. The van der Waals surface area contributed by atoms with Gasteiger partial charge < -0.3 is 25.3 Å². The van der Waals surface area contributed by atoms with Gasteiger partial charge in [-0.3, -0.25) is 4.99 Å². The SMILES string of the molecule is COc1ccccc1NC(N)=NCC1(c2ccc(OC)c(OC)c2)CCCCC1. The summed E-state index contributed by atoms with van der Waals surface area (Å²) >= 11 is 0. The third-order valence-electron chi connectivity index (χ3n) is 5.73. The highest BCUT2D eigenvalue weighted by Crippen LogP contribution is 2.42. The lowest BCUT2D eigenvalue weighted by Gasteiger charge is -2.37. The van der Waals surface area contributed by atoms with E-state index in [-0.39, 0.29) is 5.41 Å². The molecule has 0 spiro atoms. The second-order valence-corrected chi connectivity index (χ2v) is 7.44. The van der Waals surface area contributed by atoms with Crippen molar-refractivity contribution >= 4 is 11.6 Å². The van der Waals surface area contributed by atoms with E-state index in [4.69, 9.17) is 24.9 Å². The minimum atomic E-state index is -0.0507. The van der Waals surface area contributed by atoms with E-state index in [1.165, 1.54) is 24.8 Å². The standard InChI is InChI=1S/C23H31N3O3/c1-27-19-10-6-5-9-18(19)26-22(24)25-16-23(13-7-4-8-14-23)17-11-12-20(28-2)21(15-17)29-3/h5-6,9-12,15H,4,7-8,13-14,16H2,1-3H3,(H3,24,25,26). The van der Waals surface area contributed by atoms with Crippen LogP contribution in [0.2, 0.25) is 0 Å². The zero-order chi connectivity index (χ0) is 20.7. The van der Waals surface area contributed by atoms with Crippen LogP contribution in [0.1, 0.15) is 37.7 Å². The van der Waals surface area contributed by atoms with Crippen LogP contribution in [0.3, 0.4) is 0 Å². The van der Waals surface area contributed by atoms with E-state index in [9.17, 15) is 0 Å². The topological polar surface area (TPSA) is 78.1 Å². The van der Waals surface area contributed by atoms with Crippen LogP contribution >= 0.6 is 0 Å². The fourth-order valence-electron chi connectivity index (χ4n) is 4.09. The van der Waals surface area contributed by atoms with Crippen LogP contribution in [-0.4, -0.2) is 33.8 Å². The number of guanidine groups is 1. The van der Waals surface area contributed by atoms with E-state index >= 15 is 0 Å². The summed E-state index contributed by atoms with van der Waals surface area (Å²) in [5, 5.41) is 3.17. The van der Waals surface area contributed by atoms with E-state index in [0.29, 0.717) is 12.5 Å². The highest BCUT2D eigenvalue weighted by Gasteiger charge is 2.34. The van der Waals surface area contributed by atoms with Crippen LogP contribution in [0.5, 0.6) is 17.2 Å². The Labute approximate surface area is 173 Å². The number of para-hydroxylation sites is 2. The minimum Gasteiger partial charge on any atom is -0.495 e. The molecule has 2 aromatic carbocycles. The summed E-state index contributed by atoms with van der Waals surface area (Å²) in [5.41, 5.74) is 8.20. The highest BCUT2D eigenvalue weighted by molar-refractivity contribution is 5.93. The van der Waals surface area contributed by atoms with Crippen LogP contribution in [0.15, 0.2) is 47.5 Å². The highest BCUT2D eigenvalue weighted by atomic mass is 16.5. The molecule has 3 rings (SSSR count). The number of hydrogen-bond acceptors (Lipinski definition) is 4. The minimum absolute atomic E-state index is 0.0507. The molecule has 6 heteroatoms. The van der Waals surface area contributed by atoms with E-state index in [1.54, 1.807) is 21.3 Å². The van der Waals surface area contributed by atoms with Gasteiger partial charge in [-0.15, -0.1) is 0 Å². The quantitative estimate of drug-likeness (QED) is 0.537. The Bertz CT molecular complexity index is 845. The van der Waals surface area contributed by atoms with Crippen molar-refractivity contribution in [2.45, 2.75) is 37.5 Å². The number of rotatable bonds is 7. The summed E-state index contributed by atoms with van der Waals surface area (Å²) in [4.78, 5) is 4.72. The van der Waals surface area contributed by atoms with Gasteiger partial charge in [-0.25, -0.2) is 0 Å². The molecule has 1 fully saturated rings. The normalized spacial score (nSPS) is 16.2. The fraction of sp³-hybridized carbons (Fsp3) is 0.435. The summed E-state index contributed by atoms with van der Waals surface area (Å²) in [6.45, 7) is 0.621. The Morgan fingerprint density at radius 1 is 0.931 bits per heavy atom. The first kappa shape index (κ1) is 20.8. The van der Waals surface area contributed by atoms with Gasteiger partial charge in [-0.2, -0.15) is 0 Å². The van der Waals surface area contributed by atoms with Gasteiger partial charge in [0.25, 0.3) is 0 Å². The zero-order valence-corrected chi connectivity index (χ0v) is 17.5. The molecule has 3 N–H and O–H groups in total. The van der Waals surface area contributed by atoms with Gasteiger partial charge in [0, 0.05) is 5.41 Å². The van der Waals surface area contributed by atoms with Crippen LogP contribution in [-0.2, 0) is 5.41 Å². The molecule has 1 aliphatic carbocycles. The number of nitrogens with two attached hydrogens (primary N) is 1. The predicted molar refractivity (Wildman–Crippen MR) is 117 cm³/mol. The molecule has 1 saturated carbocycles. The Balaban J connectivity index is 1.84. The Morgan fingerprint density at radius 2 is 1.62 bits per heavy atom. The fourth-order valence-corrected chi connectivity index (χ4v) is 4.09. The molecule has 0 heterocycles. The molecular formula is C23H31N3O3. The average molecular weight is 398 g/mol. The summed E-state index contributed by atoms with van der Waals surface area (Å²) in [6, 6.07) is 13.9. The maximum absolute atomic E-state index is 6.22.